The van der Waals surface area contributed by atoms with E-state index in [9.17, 15) is 4.79 Å². The van der Waals surface area contributed by atoms with Crippen molar-refractivity contribution in [2.75, 3.05) is 12.8 Å². The maximum absolute atomic E-state index is 12.8. The molecule has 0 saturated heterocycles. The summed E-state index contributed by atoms with van der Waals surface area (Å²) in [7, 11) is 1.58. The third-order valence-corrected chi connectivity index (χ3v) is 4.67. The average Bonchev–Trinajstić information content (AvgIpc) is 3.39. The molecule has 4 rings (SSSR count). The van der Waals surface area contributed by atoms with E-state index in [2.05, 4.69) is 35.8 Å². The van der Waals surface area contributed by atoms with Crippen molar-refractivity contribution in [2.45, 2.75) is 19.8 Å². The first kappa shape index (κ1) is 20.0. The minimum atomic E-state index is -0.514. The lowest BCUT2D eigenvalue weighted by molar-refractivity contribution is 0.0949. The van der Waals surface area contributed by atoms with Crippen molar-refractivity contribution in [2.24, 2.45) is 5.10 Å². The quantitative estimate of drug-likeness (QED) is 0.341. The van der Waals surface area contributed by atoms with Gasteiger partial charge in [-0.25, -0.2) is 10.1 Å². The van der Waals surface area contributed by atoms with Crippen molar-refractivity contribution in [1.29, 1.82) is 0 Å². The van der Waals surface area contributed by atoms with Crippen LogP contribution >= 0.6 is 0 Å². The number of benzene rings is 2. The van der Waals surface area contributed by atoms with E-state index in [1.165, 1.54) is 4.68 Å². The fourth-order valence-corrected chi connectivity index (χ4v) is 3.24. The number of amides is 1. The SMILES string of the molecule is CCCc1c(C(=O)N/N=C\c2c(OC)ccc3ccccc23)nnn1-c1nonc1N. The number of anilines is 1. The van der Waals surface area contributed by atoms with Gasteiger partial charge in [0.15, 0.2) is 5.69 Å². The number of nitrogens with one attached hydrogen (secondary N) is 1. The van der Waals surface area contributed by atoms with Gasteiger partial charge in [-0.1, -0.05) is 48.9 Å². The zero-order valence-electron chi connectivity index (χ0n) is 16.9. The Morgan fingerprint density at radius 1 is 1.29 bits per heavy atom. The summed E-state index contributed by atoms with van der Waals surface area (Å²) in [6.07, 6.45) is 2.81. The van der Waals surface area contributed by atoms with Crippen LogP contribution in [0.5, 0.6) is 5.75 Å². The monoisotopic (exact) mass is 420 g/mol. The molecular weight excluding hydrogens is 400 g/mol. The van der Waals surface area contributed by atoms with Crippen molar-refractivity contribution < 1.29 is 14.2 Å². The third kappa shape index (κ3) is 3.80. The molecule has 4 aromatic rings. The van der Waals surface area contributed by atoms with Crippen LogP contribution in [-0.2, 0) is 6.42 Å². The van der Waals surface area contributed by atoms with Crippen LogP contribution in [0.2, 0.25) is 0 Å². The number of nitrogen functional groups attached to an aromatic ring is 1. The third-order valence-electron chi connectivity index (χ3n) is 4.67. The summed E-state index contributed by atoms with van der Waals surface area (Å²) in [6, 6.07) is 11.6. The molecule has 0 aliphatic rings. The first-order valence-electron chi connectivity index (χ1n) is 9.56. The minimum absolute atomic E-state index is 0.0512. The molecule has 0 aliphatic heterocycles. The highest BCUT2D eigenvalue weighted by Gasteiger charge is 2.23. The Labute approximate surface area is 176 Å². The topological polar surface area (TPSA) is 146 Å². The highest BCUT2D eigenvalue weighted by atomic mass is 16.6. The van der Waals surface area contributed by atoms with Gasteiger partial charge in [-0.15, -0.1) is 5.10 Å². The van der Waals surface area contributed by atoms with Crippen molar-refractivity contribution in [3.8, 4) is 11.6 Å². The number of methoxy groups -OCH3 is 1. The van der Waals surface area contributed by atoms with Crippen molar-refractivity contribution >= 4 is 28.7 Å². The molecule has 3 N–H and O–H groups in total. The number of carbonyl (C=O) groups is 1. The van der Waals surface area contributed by atoms with Crippen LogP contribution in [-0.4, -0.2) is 44.5 Å². The molecule has 0 spiro atoms. The minimum Gasteiger partial charge on any atom is -0.496 e. The number of nitrogens with two attached hydrogens (primary N) is 1. The summed E-state index contributed by atoms with van der Waals surface area (Å²) in [6.45, 7) is 1.97. The maximum Gasteiger partial charge on any atom is 0.293 e. The molecule has 0 radical (unpaired) electrons. The van der Waals surface area contributed by atoms with E-state index in [0.717, 1.165) is 22.8 Å². The summed E-state index contributed by atoms with van der Waals surface area (Å²) in [5.74, 6) is 0.359. The van der Waals surface area contributed by atoms with Gasteiger partial charge in [0.2, 0.25) is 11.6 Å². The van der Waals surface area contributed by atoms with Crippen molar-refractivity contribution in [3.63, 3.8) is 0 Å². The highest BCUT2D eigenvalue weighted by molar-refractivity contribution is 6.03. The lowest BCUT2D eigenvalue weighted by Gasteiger charge is -2.08. The van der Waals surface area contributed by atoms with E-state index in [4.69, 9.17) is 10.5 Å². The van der Waals surface area contributed by atoms with Gasteiger partial charge in [-0.05, 0) is 33.6 Å². The average molecular weight is 420 g/mol. The van der Waals surface area contributed by atoms with Crippen molar-refractivity contribution in [1.82, 2.24) is 30.7 Å². The summed E-state index contributed by atoms with van der Waals surface area (Å²) >= 11 is 0. The van der Waals surface area contributed by atoms with E-state index >= 15 is 0 Å². The zero-order valence-corrected chi connectivity index (χ0v) is 16.9. The fourth-order valence-electron chi connectivity index (χ4n) is 3.24. The van der Waals surface area contributed by atoms with Gasteiger partial charge in [-0.3, -0.25) is 4.79 Å². The van der Waals surface area contributed by atoms with Gasteiger partial charge in [0.25, 0.3) is 5.91 Å². The highest BCUT2D eigenvalue weighted by Crippen LogP contribution is 2.26. The van der Waals surface area contributed by atoms with E-state index in [1.54, 1.807) is 13.3 Å². The Bertz CT molecular complexity index is 1260. The molecule has 0 saturated carbocycles. The first-order chi connectivity index (χ1) is 15.1. The van der Waals surface area contributed by atoms with E-state index in [1.807, 2.05) is 43.3 Å². The Hall–Kier alpha value is -4.28. The molecule has 158 valence electrons. The normalized spacial score (nSPS) is 11.3. The number of hydrogen-bond donors (Lipinski definition) is 2. The molecule has 0 fully saturated rings. The van der Waals surface area contributed by atoms with Crippen LogP contribution in [0.4, 0.5) is 5.82 Å². The fraction of sp³-hybridized carbons (Fsp3) is 0.200. The summed E-state index contributed by atoms with van der Waals surface area (Å²) in [4.78, 5) is 12.8. The van der Waals surface area contributed by atoms with Crippen LogP contribution in [0.15, 0.2) is 46.1 Å². The maximum atomic E-state index is 12.8. The smallest absolute Gasteiger partial charge is 0.293 e. The second kappa shape index (κ2) is 8.61. The molecule has 0 bridgehead atoms. The van der Waals surface area contributed by atoms with Crippen LogP contribution < -0.4 is 15.9 Å². The number of hydrogen-bond acceptors (Lipinski definition) is 9. The molecule has 2 aromatic carbocycles. The van der Waals surface area contributed by atoms with Gasteiger partial charge < -0.3 is 10.5 Å². The molecule has 0 unspecified atom stereocenters. The van der Waals surface area contributed by atoms with Gasteiger partial charge >= 0.3 is 0 Å². The lowest BCUT2D eigenvalue weighted by Crippen LogP contribution is -2.20. The molecule has 2 heterocycles. The van der Waals surface area contributed by atoms with Gasteiger partial charge in [0, 0.05) is 5.56 Å². The van der Waals surface area contributed by atoms with E-state index in [0.29, 0.717) is 17.9 Å². The predicted molar refractivity (Wildman–Crippen MR) is 113 cm³/mol. The summed E-state index contributed by atoms with van der Waals surface area (Å²) in [5.41, 5.74) is 9.65. The molecule has 31 heavy (non-hydrogen) atoms. The van der Waals surface area contributed by atoms with Crippen LogP contribution in [0.3, 0.4) is 0 Å². The Morgan fingerprint density at radius 3 is 2.87 bits per heavy atom. The molecule has 1 amide bonds. The molecule has 0 atom stereocenters. The predicted octanol–water partition coefficient (Wildman–Crippen LogP) is 2.11. The van der Waals surface area contributed by atoms with Gasteiger partial charge in [0.05, 0.1) is 19.0 Å². The van der Waals surface area contributed by atoms with Crippen LogP contribution in [0, 0.1) is 0 Å². The number of carbonyl (C=O) groups excluding carboxylic acids is 1. The second-order valence-electron chi connectivity index (χ2n) is 6.62. The largest absolute Gasteiger partial charge is 0.496 e. The number of hydrazone groups is 1. The Kier molecular flexibility index (Phi) is 5.56. The number of ether oxygens (including phenoxy) is 1. The van der Waals surface area contributed by atoms with Crippen LogP contribution in [0.1, 0.15) is 35.1 Å². The molecule has 0 aliphatic carbocycles. The standard InChI is InChI=1S/C20H20N8O3/c1-3-6-15-17(23-27-28(15)19-18(21)25-31-26-19)20(29)24-22-11-14-13-8-5-4-7-12(13)9-10-16(14)30-2/h4-5,7-11H,3,6H2,1-2H3,(H2,21,25)(H,24,29)/b22-11-. The molecule has 2 aromatic heterocycles. The van der Waals surface area contributed by atoms with Gasteiger partial charge in [0.1, 0.15) is 5.75 Å². The lowest BCUT2D eigenvalue weighted by atomic mass is 10.0. The Morgan fingerprint density at radius 2 is 2.13 bits per heavy atom. The molecular formula is C20H20N8O3. The molecule has 11 heteroatoms. The number of rotatable bonds is 7. The number of aromatic nitrogens is 5. The van der Waals surface area contributed by atoms with Crippen molar-refractivity contribution in [3.05, 3.63) is 53.3 Å². The summed E-state index contributed by atoms with van der Waals surface area (Å²) in [5, 5.41) is 21.3. The second-order valence-corrected chi connectivity index (χ2v) is 6.62. The van der Waals surface area contributed by atoms with E-state index < -0.39 is 5.91 Å². The zero-order chi connectivity index (χ0) is 21.8. The Balaban J connectivity index is 1.62. The number of fused-ring (bicyclic) bond motifs is 1. The molecule has 11 nitrogen and oxygen atoms in total. The van der Waals surface area contributed by atoms with E-state index in [-0.39, 0.29) is 17.3 Å². The van der Waals surface area contributed by atoms with Gasteiger partial charge in [-0.2, -0.15) is 9.78 Å². The van der Waals surface area contributed by atoms with Crippen LogP contribution in [0.25, 0.3) is 16.6 Å². The summed E-state index contributed by atoms with van der Waals surface area (Å²) < 4.78 is 11.4. The first-order valence-corrected chi connectivity index (χ1v) is 9.56. The number of nitrogens with zero attached hydrogens (tertiary/aromatic N) is 6.